The van der Waals surface area contributed by atoms with Crippen molar-refractivity contribution in [3.63, 3.8) is 0 Å². The lowest BCUT2D eigenvalue weighted by molar-refractivity contribution is -0.133. The summed E-state index contributed by atoms with van der Waals surface area (Å²) in [5.74, 6) is 0.185. The van der Waals surface area contributed by atoms with Crippen molar-refractivity contribution in [2.24, 2.45) is 5.92 Å². The Morgan fingerprint density at radius 1 is 1.30 bits per heavy atom. The van der Waals surface area contributed by atoms with E-state index in [4.69, 9.17) is 8.83 Å². The molecule has 2 amide bonds. The largest absolute Gasteiger partial charge is 0.459 e. The lowest BCUT2D eigenvalue weighted by atomic mass is 10.0. The molecule has 2 rings (SSSR count). The van der Waals surface area contributed by atoms with Crippen molar-refractivity contribution in [1.82, 2.24) is 10.2 Å². The van der Waals surface area contributed by atoms with E-state index in [0.29, 0.717) is 17.0 Å². The van der Waals surface area contributed by atoms with Gasteiger partial charge in [-0.1, -0.05) is 13.8 Å². The molecule has 2 heterocycles. The van der Waals surface area contributed by atoms with Gasteiger partial charge in [0.25, 0.3) is 5.91 Å². The summed E-state index contributed by atoms with van der Waals surface area (Å²) in [5.41, 5.74) is 0. The van der Waals surface area contributed by atoms with Crippen LogP contribution in [0.15, 0.2) is 44.0 Å². The molecule has 0 saturated heterocycles. The molecule has 1 N–H and O–H groups in total. The molecule has 0 aliphatic heterocycles. The first kappa shape index (κ1) is 17.3. The van der Waals surface area contributed by atoms with E-state index in [1.807, 2.05) is 13.8 Å². The summed E-state index contributed by atoms with van der Waals surface area (Å²) in [5, 5.41) is 2.73. The summed E-state index contributed by atoms with van der Waals surface area (Å²) in [4.78, 5) is 26.3. The number of hydrogen-bond acceptors (Lipinski definition) is 4. The summed E-state index contributed by atoms with van der Waals surface area (Å²) in [6.07, 6.45) is 1.42. The van der Waals surface area contributed by atoms with Gasteiger partial charge < -0.3 is 19.1 Å². The number of furan rings is 2. The number of nitrogens with zero attached hydrogens (tertiary/aromatic N) is 1. The number of amides is 2. The molecule has 0 radical (unpaired) electrons. The van der Waals surface area contributed by atoms with E-state index in [9.17, 15) is 9.59 Å². The number of hydrogen-bond donors (Lipinski definition) is 1. The van der Waals surface area contributed by atoms with Crippen molar-refractivity contribution in [2.45, 2.75) is 26.4 Å². The molecule has 1 atom stereocenters. The zero-order valence-electron chi connectivity index (χ0n) is 13.2. The van der Waals surface area contributed by atoms with Gasteiger partial charge in [0.1, 0.15) is 11.8 Å². The standard InChI is InChI=1S/C16H19BrN2O4/c1-10(2)14(18-15(20)12-5-4-8-22-12)16(21)19(3)9-11-6-7-13(17)23-11/h4-8,10,14H,9H2,1-3H3,(H,18,20). The maximum Gasteiger partial charge on any atom is 0.287 e. The number of carbonyl (C=O) groups excluding carboxylic acids is 2. The molecule has 23 heavy (non-hydrogen) atoms. The van der Waals surface area contributed by atoms with Crippen molar-refractivity contribution in [2.75, 3.05) is 7.05 Å². The van der Waals surface area contributed by atoms with Crippen molar-refractivity contribution in [3.05, 3.63) is 46.7 Å². The van der Waals surface area contributed by atoms with Crippen LogP contribution >= 0.6 is 15.9 Å². The molecule has 0 aliphatic rings. The van der Waals surface area contributed by atoms with Crippen LogP contribution in [0.5, 0.6) is 0 Å². The van der Waals surface area contributed by atoms with Crippen molar-refractivity contribution in [3.8, 4) is 0 Å². The molecular weight excluding hydrogens is 364 g/mol. The molecule has 2 aromatic heterocycles. The Bertz CT molecular complexity index is 663. The third-order valence-electron chi connectivity index (χ3n) is 3.36. The highest BCUT2D eigenvalue weighted by Gasteiger charge is 2.28. The minimum Gasteiger partial charge on any atom is -0.459 e. The first-order valence-corrected chi connectivity index (χ1v) is 8.01. The maximum atomic E-state index is 12.6. The third-order valence-corrected chi connectivity index (χ3v) is 3.79. The quantitative estimate of drug-likeness (QED) is 0.832. The molecular formula is C16H19BrN2O4. The molecule has 0 bridgehead atoms. The van der Waals surface area contributed by atoms with Crippen LogP contribution in [0, 0.1) is 5.92 Å². The van der Waals surface area contributed by atoms with Crippen molar-refractivity contribution in [1.29, 1.82) is 0 Å². The fourth-order valence-electron chi connectivity index (χ4n) is 2.12. The lowest BCUT2D eigenvalue weighted by Crippen LogP contribution is -2.49. The van der Waals surface area contributed by atoms with Crippen LogP contribution in [0.1, 0.15) is 30.2 Å². The van der Waals surface area contributed by atoms with Gasteiger partial charge in [-0.25, -0.2) is 0 Å². The van der Waals surface area contributed by atoms with E-state index >= 15 is 0 Å². The average Bonchev–Trinajstić information content (AvgIpc) is 3.15. The van der Waals surface area contributed by atoms with E-state index in [1.54, 1.807) is 31.3 Å². The topological polar surface area (TPSA) is 75.7 Å². The van der Waals surface area contributed by atoms with E-state index in [1.165, 1.54) is 11.2 Å². The first-order valence-electron chi connectivity index (χ1n) is 7.22. The van der Waals surface area contributed by atoms with Crippen LogP contribution < -0.4 is 5.32 Å². The van der Waals surface area contributed by atoms with Gasteiger partial charge >= 0.3 is 0 Å². The minimum absolute atomic E-state index is 0.0628. The highest BCUT2D eigenvalue weighted by Crippen LogP contribution is 2.16. The zero-order valence-corrected chi connectivity index (χ0v) is 14.8. The SMILES string of the molecule is CC(C)C(NC(=O)c1ccco1)C(=O)N(C)Cc1ccc(Br)o1. The maximum absolute atomic E-state index is 12.6. The Morgan fingerprint density at radius 3 is 2.57 bits per heavy atom. The van der Waals surface area contributed by atoms with E-state index in [0.717, 1.165) is 0 Å². The van der Waals surface area contributed by atoms with Crippen LogP contribution in [-0.2, 0) is 11.3 Å². The second-order valence-electron chi connectivity index (χ2n) is 5.57. The Balaban J connectivity index is 2.04. The molecule has 0 aromatic carbocycles. The lowest BCUT2D eigenvalue weighted by Gasteiger charge is -2.26. The molecule has 0 fully saturated rings. The smallest absolute Gasteiger partial charge is 0.287 e. The molecule has 0 saturated carbocycles. The van der Waals surface area contributed by atoms with E-state index in [-0.39, 0.29) is 17.6 Å². The van der Waals surface area contributed by atoms with Gasteiger partial charge in [-0.3, -0.25) is 9.59 Å². The van der Waals surface area contributed by atoms with Crippen LogP contribution in [-0.4, -0.2) is 29.8 Å². The summed E-state index contributed by atoms with van der Waals surface area (Å²) < 4.78 is 11.1. The fourth-order valence-corrected chi connectivity index (χ4v) is 2.46. The van der Waals surface area contributed by atoms with Gasteiger partial charge in [0.15, 0.2) is 10.4 Å². The van der Waals surface area contributed by atoms with Crippen LogP contribution in [0.2, 0.25) is 0 Å². The highest BCUT2D eigenvalue weighted by molar-refractivity contribution is 9.10. The fraction of sp³-hybridized carbons (Fsp3) is 0.375. The second kappa shape index (κ2) is 7.50. The molecule has 0 spiro atoms. The monoisotopic (exact) mass is 382 g/mol. The van der Waals surface area contributed by atoms with Crippen molar-refractivity contribution >= 4 is 27.7 Å². The predicted molar refractivity (Wildman–Crippen MR) is 87.7 cm³/mol. The number of carbonyl (C=O) groups is 2. The summed E-state index contributed by atoms with van der Waals surface area (Å²) in [7, 11) is 1.67. The minimum atomic E-state index is -0.643. The number of halogens is 1. The highest BCUT2D eigenvalue weighted by atomic mass is 79.9. The van der Waals surface area contributed by atoms with Crippen LogP contribution in [0.4, 0.5) is 0 Å². The third kappa shape index (κ3) is 4.48. The normalized spacial score (nSPS) is 12.2. The zero-order chi connectivity index (χ0) is 17.0. The molecule has 2 aromatic rings. The predicted octanol–water partition coefficient (Wildman–Crippen LogP) is 3.05. The molecule has 1 unspecified atom stereocenters. The molecule has 6 nitrogen and oxygen atoms in total. The Morgan fingerprint density at radius 2 is 2.04 bits per heavy atom. The molecule has 0 aliphatic carbocycles. The van der Waals surface area contributed by atoms with Crippen LogP contribution in [0.25, 0.3) is 0 Å². The van der Waals surface area contributed by atoms with Gasteiger partial charge in [-0.05, 0) is 46.1 Å². The summed E-state index contributed by atoms with van der Waals surface area (Å²) >= 11 is 3.23. The van der Waals surface area contributed by atoms with Crippen molar-refractivity contribution < 1.29 is 18.4 Å². The Kier molecular flexibility index (Phi) is 5.65. The Labute approximate surface area is 142 Å². The first-order chi connectivity index (χ1) is 10.9. The average molecular weight is 383 g/mol. The molecule has 7 heteroatoms. The van der Waals surface area contributed by atoms with Gasteiger partial charge in [-0.2, -0.15) is 0 Å². The Hall–Kier alpha value is -2.02. The molecule has 124 valence electrons. The van der Waals surface area contributed by atoms with Crippen LogP contribution in [0.3, 0.4) is 0 Å². The van der Waals surface area contributed by atoms with E-state index < -0.39 is 11.9 Å². The number of rotatable bonds is 6. The summed E-state index contributed by atoms with van der Waals surface area (Å²) in [6, 6.07) is 6.10. The number of nitrogens with one attached hydrogen (secondary N) is 1. The second-order valence-corrected chi connectivity index (χ2v) is 6.35. The van der Waals surface area contributed by atoms with E-state index in [2.05, 4.69) is 21.2 Å². The van der Waals surface area contributed by atoms with Gasteiger partial charge in [0, 0.05) is 7.05 Å². The van der Waals surface area contributed by atoms with Gasteiger partial charge in [0.05, 0.1) is 12.8 Å². The summed E-state index contributed by atoms with van der Waals surface area (Å²) in [6.45, 7) is 4.08. The van der Waals surface area contributed by atoms with Gasteiger partial charge in [-0.15, -0.1) is 0 Å². The number of likely N-dealkylation sites (N-methyl/N-ethyl adjacent to an activating group) is 1. The van der Waals surface area contributed by atoms with Gasteiger partial charge in [0.2, 0.25) is 5.91 Å².